The van der Waals surface area contributed by atoms with Crippen LogP contribution in [0.15, 0.2) is 47.4 Å². The van der Waals surface area contributed by atoms with Crippen LogP contribution in [0.5, 0.6) is 17.2 Å². The van der Waals surface area contributed by atoms with Gasteiger partial charge in [0.15, 0.2) is 11.5 Å². The molecule has 0 saturated carbocycles. The fraction of sp³-hybridized carbons (Fsp3) is 0.190. The molecule has 0 aromatic heterocycles. The third kappa shape index (κ3) is 4.92. The monoisotopic (exact) mass is 444 g/mol. The number of nitrogens with zero attached hydrogens (tertiary/aromatic N) is 1. The molecule has 9 heteroatoms. The Balaban J connectivity index is 1.69. The minimum absolute atomic E-state index is 0.117. The second kappa shape index (κ2) is 9.64. The van der Waals surface area contributed by atoms with E-state index in [1.165, 1.54) is 19.1 Å². The number of rotatable bonds is 7. The highest BCUT2D eigenvalue weighted by molar-refractivity contribution is 8.26. The zero-order valence-corrected chi connectivity index (χ0v) is 18.0. The van der Waals surface area contributed by atoms with Gasteiger partial charge in [-0.15, -0.1) is 0 Å². The Morgan fingerprint density at radius 1 is 1.20 bits per heavy atom. The number of carbonyl (C=O) groups is 2. The number of aromatic hydroxyl groups is 1. The van der Waals surface area contributed by atoms with Crippen molar-refractivity contribution in [1.82, 2.24) is 4.90 Å². The molecular weight excluding hydrogens is 424 g/mol. The highest BCUT2D eigenvalue weighted by atomic mass is 32.2. The van der Waals surface area contributed by atoms with Gasteiger partial charge in [-0.3, -0.25) is 14.5 Å². The fourth-order valence-electron chi connectivity index (χ4n) is 2.80. The first-order valence-electron chi connectivity index (χ1n) is 8.98. The summed E-state index contributed by atoms with van der Waals surface area (Å²) in [6.07, 6.45) is 1.77. The molecule has 30 heavy (non-hydrogen) atoms. The van der Waals surface area contributed by atoms with Gasteiger partial charge in [-0.25, -0.2) is 0 Å². The predicted octanol–water partition coefficient (Wildman–Crippen LogP) is 3.64. The zero-order valence-electron chi connectivity index (χ0n) is 16.4. The summed E-state index contributed by atoms with van der Waals surface area (Å²) in [7, 11) is 2.86. The number of para-hydroxylation sites is 1. The van der Waals surface area contributed by atoms with Crippen LogP contribution < -0.4 is 14.8 Å². The molecule has 0 aliphatic carbocycles. The van der Waals surface area contributed by atoms with E-state index in [1.807, 2.05) is 18.2 Å². The van der Waals surface area contributed by atoms with Crippen LogP contribution in [-0.4, -0.2) is 46.9 Å². The molecule has 3 rings (SSSR count). The number of thioether (sulfide) groups is 1. The van der Waals surface area contributed by atoms with Crippen molar-refractivity contribution in [3.63, 3.8) is 0 Å². The van der Waals surface area contributed by atoms with E-state index in [0.29, 0.717) is 20.5 Å². The standard InChI is InChI=1S/C21H20N2O5S2/c1-27-15-10-13(11-16(28-2)19(15)25)12-17-20(26)23(21(29)30-17)9-8-18(24)22-14-6-4-3-5-7-14/h3-7,10-12,25H,8-9H2,1-2H3,(H,22,24)/b17-12-. The first-order valence-corrected chi connectivity index (χ1v) is 10.2. The number of phenolic OH excluding ortho intramolecular Hbond substituents is 1. The number of amides is 2. The van der Waals surface area contributed by atoms with E-state index < -0.39 is 0 Å². The second-order valence-electron chi connectivity index (χ2n) is 6.27. The van der Waals surface area contributed by atoms with Gasteiger partial charge >= 0.3 is 0 Å². The molecule has 0 bridgehead atoms. The Labute approximate surface area is 183 Å². The minimum Gasteiger partial charge on any atom is -0.502 e. The number of nitrogens with one attached hydrogen (secondary N) is 1. The normalized spacial score (nSPS) is 14.9. The SMILES string of the molecule is COc1cc(/C=C2\SC(=S)N(CCC(=O)Nc3ccccc3)C2=O)cc(OC)c1O. The maximum atomic E-state index is 12.8. The van der Waals surface area contributed by atoms with Crippen LogP contribution in [0.1, 0.15) is 12.0 Å². The lowest BCUT2D eigenvalue weighted by Gasteiger charge is -2.14. The van der Waals surface area contributed by atoms with Gasteiger partial charge in [0.05, 0.1) is 19.1 Å². The van der Waals surface area contributed by atoms with E-state index >= 15 is 0 Å². The van der Waals surface area contributed by atoms with Crippen molar-refractivity contribution in [2.24, 2.45) is 0 Å². The van der Waals surface area contributed by atoms with Gasteiger partial charge in [-0.05, 0) is 35.9 Å². The van der Waals surface area contributed by atoms with E-state index in [9.17, 15) is 14.7 Å². The van der Waals surface area contributed by atoms with Gasteiger partial charge < -0.3 is 19.9 Å². The molecule has 2 amide bonds. The molecule has 0 unspecified atom stereocenters. The Morgan fingerprint density at radius 2 is 1.83 bits per heavy atom. The summed E-state index contributed by atoms with van der Waals surface area (Å²) in [6, 6.07) is 12.3. The highest BCUT2D eigenvalue weighted by Crippen LogP contribution is 2.39. The summed E-state index contributed by atoms with van der Waals surface area (Å²) in [5.74, 6) is -0.132. The molecule has 0 atom stereocenters. The van der Waals surface area contributed by atoms with Gasteiger partial charge in [0.2, 0.25) is 11.7 Å². The Hall–Kier alpha value is -3.04. The molecule has 2 N–H and O–H groups in total. The van der Waals surface area contributed by atoms with Gasteiger partial charge in [0.1, 0.15) is 4.32 Å². The average Bonchev–Trinajstić information content (AvgIpc) is 3.00. The van der Waals surface area contributed by atoms with Crippen LogP contribution in [-0.2, 0) is 9.59 Å². The maximum absolute atomic E-state index is 12.8. The smallest absolute Gasteiger partial charge is 0.266 e. The van der Waals surface area contributed by atoms with Crippen molar-refractivity contribution in [2.75, 3.05) is 26.1 Å². The zero-order chi connectivity index (χ0) is 21.7. The summed E-state index contributed by atoms with van der Waals surface area (Å²) in [4.78, 5) is 26.8. The van der Waals surface area contributed by atoms with Gasteiger partial charge in [-0.1, -0.05) is 42.2 Å². The second-order valence-corrected chi connectivity index (χ2v) is 7.95. The van der Waals surface area contributed by atoms with E-state index in [1.54, 1.807) is 30.3 Å². The Bertz CT molecular complexity index is 983. The third-order valence-electron chi connectivity index (χ3n) is 4.29. The van der Waals surface area contributed by atoms with Crippen LogP contribution in [0.3, 0.4) is 0 Å². The largest absolute Gasteiger partial charge is 0.502 e. The molecule has 1 heterocycles. The van der Waals surface area contributed by atoms with Crippen molar-refractivity contribution in [3.05, 3.63) is 52.9 Å². The fourth-order valence-corrected chi connectivity index (χ4v) is 4.11. The quantitative estimate of drug-likeness (QED) is 0.498. The summed E-state index contributed by atoms with van der Waals surface area (Å²) in [6.45, 7) is 0.183. The number of anilines is 1. The molecule has 1 aliphatic heterocycles. The topological polar surface area (TPSA) is 88.1 Å². The molecule has 1 fully saturated rings. The van der Waals surface area contributed by atoms with E-state index in [4.69, 9.17) is 21.7 Å². The highest BCUT2D eigenvalue weighted by Gasteiger charge is 2.32. The Morgan fingerprint density at radius 3 is 2.43 bits per heavy atom. The van der Waals surface area contributed by atoms with Gasteiger partial charge in [-0.2, -0.15) is 0 Å². The van der Waals surface area contributed by atoms with Crippen molar-refractivity contribution in [1.29, 1.82) is 0 Å². The predicted molar refractivity (Wildman–Crippen MR) is 121 cm³/mol. The number of carbonyl (C=O) groups excluding carboxylic acids is 2. The number of thiocarbonyl (C=S) groups is 1. The lowest BCUT2D eigenvalue weighted by Crippen LogP contribution is -2.31. The summed E-state index contributed by atoms with van der Waals surface area (Å²) in [5, 5.41) is 12.8. The molecular formula is C21H20N2O5S2. The van der Waals surface area contributed by atoms with Crippen molar-refractivity contribution in [2.45, 2.75) is 6.42 Å². The number of methoxy groups -OCH3 is 2. The van der Waals surface area contributed by atoms with E-state index in [0.717, 1.165) is 11.8 Å². The Kier molecular flexibility index (Phi) is 6.96. The molecule has 7 nitrogen and oxygen atoms in total. The molecule has 1 aliphatic rings. The summed E-state index contributed by atoms with van der Waals surface area (Å²) in [5.41, 5.74) is 1.31. The van der Waals surface area contributed by atoms with Crippen LogP contribution >= 0.6 is 24.0 Å². The number of benzene rings is 2. The maximum Gasteiger partial charge on any atom is 0.266 e. The first kappa shape index (κ1) is 21.7. The third-order valence-corrected chi connectivity index (χ3v) is 5.67. The summed E-state index contributed by atoms with van der Waals surface area (Å²) >= 11 is 6.47. The molecule has 2 aromatic carbocycles. The molecule has 0 spiro atoms. The van der Waals surface area contributed by atoms with Crippen molar-refractivity contribution < 1.29 is 24.2 Å². The molecule has 2 aromatic rings. The minimum atomic E-state index is -0.275. The lowest BCUT2D eigenvalue weighted by molar-refractivity contribution is -0.122. The van der Waals surface area contributed by atoms with Crippen molar-refractivity contribution in [3.8, 4) is 17.2 Å². The lowest BCUT2D eigenvalue weighted by atomic mass is 10.1. The van der Waals surface area contributed by atoms with E-state index in [-0.39, 0.29) is 42.0 Å². The van der Waals surface area contributed by atoms with Crippen LogP contribution in [0.25, 0.3) is 6.08 Å². The number of hydrogen-bond acceptors (Lipinski definition) is 7. The molecule has 1 saturated heterocycles. The van der Waals surface area contributed by atoms with Gasteiger partial charge in [0, 0.05) is 18.7 Å². The van der Waals surface area contributed by atoms with Crippen LogP contribution in [0.2, 0.25) is 0 Å². The van der Waals surface area contributed by atoms with Crippen LogP contribution in [0.4, 0.5) is 5.69 Å². The number of phenols is 1. The number of ether oxygens (including phenoxy) is 2. The van der Waals surface area contributed by atoms with Gasteiger partial charge in [0.25, 0.3) is 5.91 Å². The van der Waals surface area contributed by atoms with Crippen molar-refractivity contribution >= 4 is 51.9 Å². The summed E-state index contributed by atoms with van der Waals surface area (Å²) < 4.78 is 10.7. The first-order chi connectivity index (χ1) is 14.4. The average molecular weight is 445 g/mol. The van der Waals surface area contributed by atoms with Crippen LogP contribution in [0, 0.1) is 0 Å². The van der Waals surface area contributed by atoms with E-state index in [2.05, 4.69) is 5.32 Å². The molecule has 156 valence electrons. The molecule has 0 radical (unpaired) electrons. The number of hydrogen-bond donors (Lipinski definition) is 2.